The van der Waals surface area contributed by atoms with Crippen LogP contribution in [0.1, 0.15) is 6.92 Å². The van der Waals surface area contributed by atoms with E-state index in [9.17, 15) is 22.8 Å². The monoisotopic (exact) mass is 289 g/mol. The normalized spacial score (nSPS) is 14.9. The minimum atomic E-state index is -5.06. The third-order valence-electron chi connectivity index (χ3n) is 2.05. The molecule has 0 aliphatic heterocycles. The summed E-state index contributed by atoms with van der Waals surface area (Å²) < 4.78 is 42.3. The molecule has 0 bridgehead atoms. The van der Waals surface area contributed by atoms with Gasteiger partial charge in [0.25, 0.3) is 0 Å². The number of nitrogens with one attached hydrogen (secondary N) is 1. The van der Waals surface area contributed by atoms with Crippen molar-refractivity contribution in [1.29, 1.82) is 0 Å². The summed E-state index contributed by atoms with van der Waals surface area (Å²) in [6.45, 7) is 0.764. The van der Waals surface area contributed by atoms with Gasteiger partial charge in [-0.1, -0.05) is 0 Å². The molecule has 2 N–H and O–H groups in total. The number of carbonyl (C=O) groups is 2. The lowest BCUT2D eigenvalue weighted by Gasteiger charge is -2.28. The Morgan fingerprint density at radius 2 is 1.94 bits per heavy atom. The number of carbonyl (C=O) groups excluding carboxylic acids is 1. The van der Waals surface area contributed by atoms with Gasteiger partial charge in [0, 0.05) is 12.9 Å². The topological polar surface area (TPSA) is 75.6 Å². The lowest BCUT2D eigenvalue weighted by atomic mass is 10.0. The van der Waals surface area contributed by atoms with Gasteiger partial charge in [-0.2, -0.15) is 13.2 Å². The van der Waals surface area contributed by atoms with Crippen LogP contribution in [0.3, 0.4) is 0 Å². The van der Waals surface area contributed by atoms with Crippen molar-refractivity contribution in [3.05, 3.63) is 0 Å². The van der Waals surface area contributed by atoms with E-state index in [4.69, 9.17) is 9.84 Å². The van der Waals surface area contributed by atoms with Crippen LogP contribution in [-0.2, 0) is 14.3 Å². The molecule has 0 aliphatic carbocycles. The number of thioether (sulfide) groups is 1. The minimum Gasteiger partial charge on any atom is -0.479 e. The summed E-state index contributed by atoms with van der Waals surface area (Å²) in [5.74, 6) is -2.97. The Morgan fingerprint density at radius 3 is 2.33 bits per heavy atom. The van der Waals surface area contributed by atoms with Crippen LogP contribution in [0.4, 0.5) is 13.2 Å². The Morgan fingerprint density at radius 1 is 1.39 bits per heavy atom. The molecule has 5 nitrogen and oxygen atoms in total. The van der Waals surface area contributed by atoms with Gasteiger partial charge in [0.15, 0.2) is 0 Å². The lowest BCUT2D eigenvalue weighted by Crippen LogP contribution is -2.62. The Bertz CT molecular complexity index is 311. The van der Waals surface area contributed by atoms with E-state index in [1.54, 1.807) is 0 Å². The molecular weight excluding hydrogens is 275 g/mol. The molecule has 0 aromatic rings. The summed E-state index contributed by atoms with van der Waals surface area (Å²) in [7, 11) is 1.45. The molecular formula is C9H14F3NO4S. The van der Waals surface area contributed by atoms with Crippen LogP contribution in [0.5, 0.6) is 0 Å². The highest BCUT2D eigenvalue weighted by atomic mass is 32.2. The molecule has 106 valence electrons. The number of rotatable bonds is 7. The van der Waals surface area contributed by atoms with E-state index < -0.39 is 23.6 Å². The highest BCUT2D eigenvalue weighted by molar-refractivity contribution is 7.99. The molecule has 18 heavy (non-hydrogen) atoms. The first-order chi connectivity index (χ1) is 8.15. The maximum absolute atomic E-state index is 12.5. The predicted molar refractivity (Wildman–Crippen MR) is 59.4 cm³/mol. The Labute approximate surface area is 106 Å². The first-order valence-electron chi connectivity index (χ1n) is 4.83. The molecule has 0 saturated heterocycles. The van der Waals surface area contributed by atoms with Crippen LogP contribution < -0.4 is 5.32 Å². The van der Waals surface area contributed by atoms with Crippen molar-refractivity contribution in [3.63, 3.8) is 0 Å². The van der Waals surface area contributed by atoms with E-state index >= 15 is 0 Å². The number of halogens is 3. The number of hydrogen-bond donors (Lipinski definition) is 2. The molecule has 0 fully saturated rings. The Hall–Kier alpha value is -0.960. The van der Waals surface area contributed by atoms with Crippen molar-refractivity contribution in [3.8, 4) is 0 Å². The summed E-state index contributed by atoms with van der Waals surface area (Å²) >= 11 is 1.05. The van der Waals surface area contributed by atoms with Crippen LogP contribution in [0.15, 0.2) is 0 Å². The van der Waals surface area contributed by atoms with E-state index in [-0.39, 0.29) is 5.75 Å². The largest absolute Gasteiger partial charge is 0.479 e. The van der Waals surface area contributed by atoms with Gasteiger partial charge in [0.1, 0.15) is 0 Å². The molecule has 0 aliphatic rings. The fourth-order valence-corrected chi connectivity index (χ4v) is 1.55. The first-order valence-corrected chi connectivity index (χ1v) is 5.98. The molecule has 0 radical (unpaired) electrons. The second kappa shape index (κ2) is 6.83. The quantitative estimate of drug-likeness (QED) is 0.681. The standard InChI is InChI=1S/C9H14F3NO4S/c1-8(7(15)16,9(10,11)12)13-6(14)5-18-4-3-17-2/h3-5H2,1-2H3,(H,13,14)(H,15,16). The number of alkyl halides is 3. The van der Waals surface area contributed by atoms with Gasteiger partial charge in [0.05, 0.1) is 12.4 Å². The molecule has 0 aromatic carbocycles. The molecule has 1 unspecified atom stereocenters. The summed E-state index contributed by atoms with van der Waals surface area (Å²) in [6.07, 6.45) is -5.06. The van der Waals surface area contributed by atoms with Crippen molar-refractivity contribution in [2.75, 3.05) is 25.2 Å². The smallest absolute Gasteiger partial charge is 0.422 e. The van der Waals surface area contributed by atoms with Gasteiger partial charge < -0.3 is 15.2 Å². The van der Waals surface area contributed by atoms with Gasteiger partial charge in [-0.15, -0.1) is 11.8 Å². The summed E-state index contributed by atoms with van der Waals surface area (Å²) in [6, 6.07) is 0. The number of methoxy groups -OCH3 is 1. The highest BCUT2D eigenvalue weighted by Gasteiger charge is 2.58. The molecule has 0 spiro atoms. The average Bonchev–Trinajstić information content (AvgIpc) is 2.22. The molecule has 1 atom stereocenters. The van der Waals surface area contributed by atoms with Crippen molar-refractivity contribution in [1.82, 2.24) is 5.32 Å². The summed E-state index contributed by atoms with van der Waals surface area (Å²) in [5.41, 5.74) is -3.27. The van der Waals surface area contributed by atoms with Crippen molar-refractivity contribution in [2.24, 2.45) is 0 Å². The predicted octanol–water partition coefficient (Wildman–Crippen LogP) is 0.888. The zero-order valence-electron chi connectivity index (χ0n) is 9.84. The zero-order chi connectivity index (χ0) is 14.4. The summed E-state index contributed by atoms with van der Waals surface area (Å²) in [4.78, 5) is 21.9. The molecule has 0 saturated carbocycles. The van der Waals surface area contributed by atoms with E-state index in [2.05, 4.69) is 0 Å². The molecule has 0 heterocycles. The third kappa shape index (κ3) is 4.73. The van der Waals surface area contributed by atoms with Crippen molar-refractivity contribution >= 4 is 23.6 Å². The van der Waals surface area contributed by atoms with E-state index in [1.807, 2.05) is 0 Å². The fourth-order valence-electron chi connectivity index (χ4n) is 0.868. The van der Waals surface area contributed by atoms with E-state index in [0.717, 1.165) is 11.8 Å². The number of ether oxygens (including phenoxy) is 1. The lowest BCUT2D eigenvalue weighted by molar-refractivity contribution is -0.206. The summed E-state index contributed by atoms with van der Waals surface area (Å²) in [5, 5.41) is 10.0. The minimum absolute atomic E-state index is 0.262. The molecule has 0 aromatic heterocycles. The molecule has 9 heteroatoms. The number of amides is 1. The average molecular weight is 289 g/mol. The van der Waals surface area contributed by atoms with Crippen LogP contribution in [-0.4, -0.2) is 53.9 Å². The maximum Gasteiger partial charge on any atom is 0.422 e. The number of aliphatic carboxylic acids is 1. The van der Waals surface area contributed by atoms with Gasteiger partial charge in [-0.3, -0.25) is 4.79 Å². The fraction of sp³-hybridized carbons (Fsp3) is 0.778. The Kier molecular flexibility index (Phi) is 6.47. The number of carboxylic acids is 1. The maximum atomic E-state index is 12.5. The van der Waals surface area contributed by atoms with Crippen LogP contribution in [0.2, 0.25) is 0 Å². The van der Waals surface area contributed by atoms with Crippen LogP contribution >= 0.6 is 11.8 Å². The third-order valence-corrected chi connectivity index (χ3v) is 2.97. The van der Waals surface area contributed by atoms with Crippen molar-refractivity contribution < 1.29 is 32.6 Å². The van der Waals surface area contributed by atoms with E-state index in [1.165, 1.54) is 12.4 Å². The van der Waals surface area contributed by atoms with Gasteiger partial charge >= 0.3 is 12.1 Å². The second-order valence-corrected chi connectivity index (χ2v) is 4.63. The van der Waals surface area contributed by atoms with Gasteiger partial charge in [-0.25, -0.2) is 4.79 Å². The first kappa shape index (κ1) is 17.0. The number of carboxylic acid groups (broad SMARTS) is 1. The second-order valence-electron chi connectivity index (χ2n) is 3.52. The van der Waals surface area contributed by atoms with E-state index in [0.29, 0.717) is 19.3 Å². The molecule has 1 amide bonds. The Balaban J connectivity index is 4.44. The van der Waals surface area contributed by atoms with Crippen LogP contribution in [0, 0.1) is 0 Å². The molecule has 0 rings (SSSR count). The number of hydrogen-bond acceptors (Lipinski definition) is 4. The zero-order valence-corrected chi connectivity index (χ0v) is 10.7. The highest BCUT2D eigenvalue weighted by Crippen LogP contribution is 2.30. The van der Waals surface area contributed by atoms with Crippen LogP contribution in [0.25, 0.3) is 0 Å². The van der Waals surface area contributed by atoms with Crippen molar-refractivity contribution in [2.45, 2.75) is 18.6 Å². The SMILES string of the molecule is COCCSCC(=O)NC(C)(C(=O)O)C(F)(F)F. The van der Waals surface area contributed by atoms with Gasteiger partial charge in [0.2, 0.25) is 11.4 Å². The van der Waals surface area contributed by atoms with Gasteiger partial charge in [-0.05, 0) is 6.92 Å².